The summed E-state index contributed by atoms with van der Waals surface area (Å²) in [6.45, 7) is 4.07. The highest BCUT2D eigenvalue weighted by molar-refractivity contribution is 8.00. The van der Waals surface area contributed by atoms with Gasteiger partial charge in [-0.15, -0.1) is 0 Å². The topological polar surface area (TPSA) is 65.8 Å². The van der Waals surface area contributed by atoms with E-state index in [0.717, 1.165) is 42.6 Å². The van der Waals surface area contributed by atoms with Gasteiger partial charge in [0.05, 0.1) is 11.3 Å². The maximum absolute atomic E-state index is 12.3. The SMILES string of the molecule is Cc1ccc(NC(=O)CSc2nc3c(cc2C#N)CCCCC3)cc1C. The van der Waals surface area contributed by atoms with Crippen LogP contribution >= 0.6 is 11.8 Å². The number of aryl methyl sites for hydroxylation is 4. The number of anilines is 1. The maximum Gasteiger partial charge on any atom is 0.234 e. The number of pyridine rings is 1. The minimum absolute atomic E-state index is 0.0844. The summed E-state index contributed by atoms with van der Waals surface area (Å²) in [7, 11) is 0. The molecule has 1 heterocycles. The Kier molecular flexibility index (Phi) is 5.95. The number of nitriles is 1. The Balaban J connectivity index is 1.68. The van der Waals surface area contributed by atoms with Gasteiger partial charge < -0.3 is 5.32 Å². The third-order valence-electron chi connectivity index (χ3n) is 4.77. The molecule has 0 atom stereocenters. The average molecular weight is 366 g/mol. The van der Waals surface area contributed by atoms with Gasteiger partial charge in [-0.2, -0.15) is 5.26 Å². The van der Waals surface area contributed by atoms with Crippen LogP contribution in [0.4, 0.5) is 5.69 Å². The second kappa shape index (κ2) is 8.37. The van der Waals surface area contributed by atoms with Gasteiger partial charge in [0, 0.05) is 11.4 Å². The number of hydrogen-bond acceptors (Lipinski definition) is 4. The Morgan fingerprint density at radius 1 is 1.19 bits per heavy atom. The van der Waals surface area contributed by atoms with Crippen LogP contribution in [0, 0.1) is 25.2 Å². The van der Waals surface area contributed by atoms with Crippen molar-refractivity contribution in [2.45, 2.75) is 51.0 Å². The second-order valence-corrected chi connectivity index (χ2v) is 7.72. The number of carbonyl (C=O) groups is 1. The fourth-order valence-corrected chi connectivity index (χ4v) is 3.91. The summed E-state index contributed by atoms with van der Waals surface area (Å²) >= 11 is 1.34. The number of carbonyl (C=O) groups excluding carboxylic acids is 1. The van der Waals surface area contributed by atoms with Gasteiger partial charge in [0.1, 0.15) is 11.1 Å². The van der Waals surface area contributed by atoms with E-state index in [1.807, 2.05) is 38.1 Å². The van der Waals surface area contributed by atoms with Crippen molar-refractivity contribution in [2.75, 3.05) is 11.1 Å². The van der Waals surface area contributed by atoms with E-state index in [0.29, 0.717) is 10.6 Å². The van der Waals surface area contributed by atoms with Gasteiger partial charge in [-0.25, -0.2) is 4.98 Å². The summed E-state index contributed by atoms with van der Waals surface area (Å²) in [5.74, 6) is 0.159. The van der Waals surface area contributed by atoms with Crippen LogP contribution < -0.4 is 5.32 Å². The lowest BCUT2D eigenvalue weighted by Gasteiger charge is -2.10. The first-order chi connectivity index (χ1) is 12.6. The zero-order valence-electron chi connectivity index (χ0n) is 15.3. The van der Waals surface area contributed by atoms with Crippen molar-refractivity contribution in [3.8, 4) is 6.07 Å². The van der Waals surface area contributed by atoms with Crippen molar-refractivity contribution in [2.24, 2.45) is 0 Å². The number of fused-ring (bicyclic) bond motifs is 1. The average Bonchev–Trinajstić information content (AvgIpc) is 2.87. The minimum Gasteiger partial charge on any atom is -0.325 e. The zero-order chi connectivity index (χ0) is 18.5. The molecule has 0 radical (unpaired) electrons. The standard InChI is InChI=1S/C21H23N3OS/c1-14-8-9-18(10-15(14)2)23-20(25)13-26-21-17(12-22)11-16-6-4-3-5-7-19(16)24-21/h8-11H,3-7,13H2,1-2H3,(H,23,25). The molecule has 134 valence electrons. The van der Waals surface area contributed by atoms with Gasteiger partial charge in [0.15, 0.2) is 0 Å². The first-order valence-corrected chi connectivity index (χ1v) is 9.98. The molecule has 0 aliphatic heterocycles. The van der Waals surface area contributed by atoms with Crippen LogP contribution in [0.5, 0.6) is 0 Å². The molecule has 1 aromatic carbocycles. The van der Waals surface area contributed by atoms with Crippen molar-refractivity contribution >= 4 is 23.4 Å². The molecule has 0 spiro atoms. The Morgan fingerprint density at radius 2 is 2.00 bits per heavy atom. The Bertz CT molecular complexity index is 870. The molecule has 0 fully saturated rings. The van der Waals surface area contributed by atoms with Gasteiger partial charge in [-0.05, 0) is 74.4 Å². The van der Waals surface area contributed by atoms with Crippen LogP contribution in [0.2, 0.25) is 0 Å². The van der Waals surface area contributed by atoms with Crippen molar-refractivity contribution in [3.63, 3.8) is 0 Å². The molecule has 1 amide bonds. The smallest absolute Gasteiger partial charge is 0.234 e. The highest BCUT2D eigenvalue weighted by atomic mass is 32.2. The lowest BCUT2D eigenvalue weighted by Crippen LogP contribution is -2.14. The Labute approximate surface area is 159 Å². The highest BCUT2D eigenvalue weighted by Crippen LogP contribution is 2.27. The van der Waals surface area contributed by atoms with Gasteiger partial charge in [0.2, 0.25) is 5.91 Å². The van der Waals surface area contributed by atoms with E-state index in [1.165, 1.54) is 29.3 Å². The molecule has 5 heteroatoms. The number of nitrogens with one attached hydrogen (secondary N) is 1. The summed E-state index contributed by atoms with van der Waals surface area (Å²) in [6.07, 6.45) is 5.46. The molecule has 2 aromatic rings. The van der Waals surface area contributed by atoms with Crippen molar-refractivity contribution in [1.82, 2.24) is 4.98 Å². The van der Waals surface area contributed by atoms with E-state index < -0.39 is 0 Å². The molecule has 0 saturated heterocycles. The third kappa shape index (κ3) is 4.44. The maximum atomic E-state index is 12.3. The van der Waals surface area contributed by atoms with Crippen LogP contribution in [0.25, 0.3) is 0 Å². The van der Waals surface area contributed by atoms with Gasteiger partial charge in [0.25, 0.3) is 0 Å². The van der Waals surface area contributed by atoms with Crippen molar-refractivity contribution in [1.29, 1.82) is 5.26 Å². The molecule has 1 aliphatic carbocycles. The number of benzene rings is 1. The minimum atomic E-state index is -0.0844. The molecule has 0 saturated carbocycles. The summed E-state index contributed by atoms with van der Waals surface area (Å²) in [5, 5.41) is 13.0. The summed E-state index contributed by atoms with van der Waals surface area (Å²) < 4.78 is 0. The second-order valence-electron chi connectivity index (χ2n) is 6.76. The van der Waals surface area contributed by atoms with E-state index in [1.54, 1.807) is 0 Å². The van der Waals surface area contributed by atoms with E-state index in [2.05, 4.69) is 11.4 Å². The van der Waals surface area contributed by atoms with Gasteiger partial charge >= 0.3 is 0 Å². The number of nitrogens with zero attached hydrogens (tertiary/aromatic N) is 2. The molecule has 3 rings (SSSR count). The molecule has 4 nitrogen and oxygen atoms in total. The predicted molar refractivity (Wildman–Crippen MR) is 105 cm³/mol. The molecule has 1 aromatic heterocycles. The monoisotopic (exact) mass is 365 g/mol. The van der Waals surface area contributed by atoms with Crippen LogP contribution in [-0.4, -0.2) is 16.6 Å². The highest BCUT2D eigenvalue weighted by Gasteiger charge is 2.15. The lowest BCUT2D eigenvalue weighted by molar-refractivity contribution is -0.113. The van der Waals surface area contributed by atoms with Crippen LogP contribution in [-0.2, 0) is 17.6 Å². The summed E-state index contributed by atoms with van der Waals surface area (Å²) in [4.78, 5) is 17.0. The first kappa shape index (κ1) is 18.5. The first-order valence-electron chi connectivity index (χ1n) is 8.99. The molecule has 1 aliphatic rings. The van der Waals surface area contributed by atoms with Crippen LogP contribution in [0.15, 0.2) is 29.3 Å². The number of thioether (sulfide) groups is 1. The summed E-state index contributed by atoms with van der Waals surface area (Å²) in [5.41, 5.74) is 6.02. The van der Waals surface area contributed by atoms with Crippen molar-refractivity contribution in [3.05, 3.63) is 52.2 Å². The number of rotatable bonds is 4. The summed E-state index contributed by atoms with van der Waals surface area (Å²) in [6, 6.07) is 10.1. The quantitative estimate of drug-likeness (QED) is 0.637. The van der Waals surface area contributed by atoms with Gasteiger partial charge in [-0.1, -0.05) is 24.2 Å². The predicted octanol–water partition coefficient (Wildman–Crippen LogP) is 4.57. The van der Waals surface area contributed by atoms with Crippen LogP contribution in [0.1, 0.15) is 47.2 Å². The number of hydrogen-bond donors (Lipinski definition) is 1. The number of aromatic nitrogens is 1. The van der Waals surface area contributed by atoms with E-state index in [-0.39, 0.29) is 11.7 Å². The van der Waals surface area contributed by atoms with E-state index >= 15 is 0 Å². The Hall–Kier alpha value is -2.32. The fraction of sp³-hybridized carbons (Fsp3) is 0.381. The Morgan fingerprint density at radius 3 is 2.77 bits per heavy atom. The largest absolute Gasteiger partial charge is 0.325 e. The fourth-order valence-electron chi connectivity index (χ4n) is 3.13. The normalized spacial score (nSPS) is 13.4. The molecule has 26 heavy (non-hydrogen) atoms. The molecular formula is C21H23N3OS. The lowest BCUT2D eigenvalue weighted by atomic mass is 10.1. The van der Waals surface area contributed by atoms with E-state index in [4.69, 9.17) is 4.98 Å². The molecular weight excluding hydrogens is 342 g/mol. The van der Waals surface area contributed by atoms with E-state index in [9.17, 15) is 10.1 Å². The van der Waals surface area contributed by atoms with Gasteiger partial charge in [-0.3, -0.25) is 4.79 Å². The zero-order valence-corrected chi connectivity index (χ0v) is 16.1. The molecule has 1 N–H and O–H groups in total. The molecule has 0 bridgehead atoms. The van der Waals surface area contributed by atoms with Crippen LogP contribution in [0.3, 0.4) is 0 Å². The van der Waals surface area contributed by atoms with Crippen molar-refractivity contribution < 1.29 is 4.79 Å². The third-order valence-corrected chi connectivity index (χ3v) is 5.76. The molecule has 0 unspecified atom stereocenters. The number of amides is 1.